The van der Waals surface area contributed by atoms with Crippen molar-refractivity contribution in [3.05, 3.63) is 23.8 Å². The van der Waals surface area contributed by atoms with Gasteiger partial charge in [-0.15, -0.1) is 0 Å². The van der Waals surface area contributed by atoms with Gasteiger partial charge in [-0.05, 0) is 31.0 Å². The quantitative estimate of drug-likeness (QED) is 0.804. The topological polar surface area (TPSA) is 80.7 Å². The Morgan fingerprint density at radius 3 is 2.55 bits per heavy atom. The summed E-state index contributed by atoms with van der Waals surface area (Å²) in [6.45, 7) is 0.396. The second kappa shape index (κ2) is 5.54. The first-order valence-electron chi connectivity index (χ1n) is 6.43. The highest BCUT2D eigenvalue weighted by atomic mass is 32.2. The van der Waals surface area contributed by atoms with Crippen molar-refractivity contribution in [2.45, 2.75) is 24.2 Å². The summed E-state index contributed by atoms with van der Waals surface area (Å²) >= 11 is 0. The zero-order chi connectivity index (χ0) is 14.8. The average Bonchev–Trinajstić information content (AvgIpc) is 2.37. The van der Waals surface area contributed by atoms with Crippen LogP contribution in [0.1, 0.15) is 29.6 Å². The number of aldehydes is 1. The highest BCUT2D eigenvalue weighted by Crippen LogP contribution is 2.40. The molecule has 0 bridgehead atoms. The molecule has 1 aromatic carbocycles. The summed E-state index contributed by atoms with van der Waals surface area (Å²) in [6, 6.07) is 4.22. The molecule has 110 valence electrons. The molecule has 0 amide bonds. The Balaban J connectivity index is 2.18. The van der Waals surface area contributed by atoms with Crippen LogP contribution in [0.3, 0.4) is 0 Å². The Morgan fingerprint density at radius 2 is 2.10 bits per heavy atom. The van der Waals surface area contributed by atoms with Crippen LogP contribution in [-0.2, 0) is 9.84 Å². The molecular weight excluding hydrogens is 280 g/mol. The molecule has 0 radical (unpaired) electrons. The van der Waals surface area contributed by atoms with Gasteiger partial charge in [0.05, 0.1) is 23.7 Å². The maximum atomic E-state index is 11.4. The van der Waals surface area contributed by atoms with Crippen LogP contribution in [0.15, 0.2) is 23.1 Å². The largest absolute Gasteiger partial charge is 0.492 e. The van der Waals surface area contributed by atoms with E-state index in [1.54, 1.807) is 0 Å². The molecule has 0 heterocycles. The Kier molecular flexibility index (Phi) is 4.15. The molecule has 1 aliphatic carbocycles. The van der Waals surface area contributed by atoms with Crippen molar-refractivity contribution in [1.29, 1.82) is 0 Å². The van der Waals surface area contributed by atoms with E-state index in [4.69, 9.17) is 4.74 Å². The number of aliphatic hydroxyl groups excluding tert-OH is 1. The smallest absolute Gasteiger partial charge is 0.175 e. The molecule has 0 saturated heterocycles. The van der Waals surface area contributed by atoms with Gasteiger partial charge in [-0.3, -0.25) is 4.79 Å². The minimum Gasteiger partial charge on any atom is -0.492 e. The molecule has 0 atom stereocenters. The molecule has 5 nitrogen and oxygen atoms in total. The summed E-state index contributed by atoms with van der Waals surface area (Å²) in [5, 5.41) is 9.36. The van der Waals surface area contributed by atoms with Crippen molar-refractivity contribution >= 4 is 16.1 Å². The van der Waals surface area contributed by atoms with Gasteiger partial charge in [0.25, 0.3) is 0 Å². The molecule has 2 rings (SSSR count). The fraction of sp³-hybridized carbons (Fsp3) is 0.500. The molecule has 0 aromatic heterocycles. The van der Waals surface area contributed by atoms with Gasteiger partial charge in [0.1, 0.15) is 5.75 Å². The molecular formula is C14H18O5S. The number of carbonyl (C=O) groups excluding carboxylic acids is 1. The van der Waals surface area contributed by atoms with E-state index in [0.29, 0.717) is 18.6 Å². The van der Waals surface area contributed by atoms with E-state index in [2.05, 4.69) is 0 Å². The number of aliphatic hydroxyl groups is 1. The van der Waals surface area contributed by atoms with Crippen LogP contribution in [0.4, 0.5) is 0 Å². The summed E-state index contributed by atoms with van der Waals surface area (Å²) < 4.78 is 28.5. The van der Waals surface area contributed by atoms with Gasteiger partial charge >= 0.3 is 0 Å². The van der Waals surface area contributed by atoms with Crippen LogP contribution in [0, 0.1) is 5.41 Å². The third-order valence-corrected chi connectivity index (χ3v) is 4.93. The van der Waals surface area contributed by atoms with Crippen LogP contribution in [0.2, 0.25) is 0 Å². The van der Waals surface area contributed by atoms with E-state index in [1.165, 1.54) is 18.2 Å². The summed E-state index contributed by atoms with van der Waals surface area (Å²) in [5.41, 5.74) is -0.00399. The van der Waals surface area contributed by atoms with Crippen LogP contribution in [-0.4, -0.2) is 39.3 Å². The number of ether oxygens (including phenoxy) is 1. The Hall–Kier alpha value is -1.40. The van der Waals surface area contributed by atoms with Crippen LogP contribution in [0.25, 0.3) is 0 Å². The Morgan fingerprint density at radius 1 is 1.40 bits per heavy atom. The van der Waals surface area contributed by atoms with Crippen molar-refractivity contribution in [2.75, 3.05) is 19.5 Å². The first-order valence-corrected chi connectivity index (χ1v) is 8.32. The molecule has 1 fully saturated rings. The lowest BCUT2D eigenvalue weighted by Gasteiger charge is -2.39. The number of rotatable bonds is 6. The maximum Gasteiger partial charge on any atom is 0.175 e. The number of sulfone groups is 1. The molecule has 1 aromatic rings. The lowest BCUT2D eigenvalue weighted by molar-refractivity contribution is -0.0000727. The van der Waals surface area contributed by atoms with Gasteiger partial charge < -0.3 is 9.84 Å². The first-order chi connectivity index (χ1) is 9.40. The van der Waals surface area contributed by atoms with Gasteiger partial charge in [-0.2, -0.15) is 0 Å². The standard InChI is InChI=1S/C14H18O5S/c1-20(17,18)12-3-4-13(11(7-12)8-15)19-10-14(9-16)5-2-6-14/h3-4,7-8,16H,2,5-6,9-10H2,1H3. The van der Waals surface area contributed by atoms with Gasteiger partial charge in [-0.25, -0.2) is 8.42 Å². The van der Waals surface area contributed by atoms with E-state index in [0.717, 1.165) is 25.5 Å². The van der Waals surface area contributed by atoms with Crippen LogP contribution in [0.5, 0.6) is 5.75 Å². The van der Waals surface area contributed by atoms with Gasteiger partial charge in [0.15, 0.2) is 16.1 Å². The third kappa shape index (κ3) is 3.02. The molecule has 1 saturated carbocycles. The highest BCUT2D eigenvalue weighted by molar-refractivity contribution is 7.90. The van der Waals surface area contributed by atoms with E-state index in [-0.39, 0.29) is 22.5 Å². The fourth-order valence-electron chi connectivity index (χ4n) is 2.24. The van der Waals surface area contributed by atoms with Crippen molar-refractivity contribution in [3.8, 4) is 5.75 Å². The normalized spacial score (nSPS) is 17.3. The molecule has 0 aliphatic heterocycles. The highest BCUT2D eigenvalue weighted by Gasteiger charge is 2.37. The van der Waals surface area contributed by atoms with Gasteiger partial charge in [0.2, 0.25) is 0 Å². The predicted molar refractivity (Wildman–Crippen MR) is 73.8 cm³/mol. The average molecular weight is 298 g/mol. The second-order valence-electron chi connectivity index (χ2n) is 5.39. The summed E-state index contributed by atoms with van der Waals surface area (Å²) in [4.78, 5) is 11.2. The molecule has 1 N–H and O–H groups in total. The van der Waals surface area contributed by atoms with Crippen molar-refractivity contribution in [1.82, 2.24) is 0 Å². The molecule has 0 unspecified atom stereocenters. The third-order valence-electron chi connectivity index (χ3n) is 3.82. The molecule has 6 heteroatoms. The van der Waals surface area contributed by atoms with Gasteiger partial charge in [-0.1, -0.05) is 6.42 Å². The number of carbonyl (C=O) groups is 1. The monoisotopic (exact) mass is 298 g/mol. The van der Waals surface area contributed by atoms with Crippen molar-refractivity contribution < 1.29 is 23.1 Å². The van der Waals surface area contributed by atoms with Crippen molar-refractivity contribution in [3.63, 3.8) is 0 Å². The van der Waals surface area contributed by atoms with E-state index < -0.39 is 9.84 Å². The molecule has 0 spiro atoms. The Labute approximate surface area is 118 Å². The fourth-order valence-corrected chi connectivity index (χ4v) is 2.89. The summed E-state index contributed by atoms with van der Waals surface area (Å²) in [7, 11) is -3.35. The lowest BCUT2D eigenvalue weighted by atomic mass is 9.70. The number of hydrogen-bond donors (Lipinski definition) is 1. The number of benzene rings is 1. The zero-order valence-electron chi connectivity index (χ0n) is 11.3. The van der Waals surface area contributed by atoms with Crippen molar-refractivity contribution in [2.24, 2.45) is 5.41 Å². The molecule has 1 aliphatic rings. The summed E-state index contributed by atoms with van der Waals surface area (Å²) in [5.74, 6) is 0.354. The first kappa shape index (κ1) is 15.0. The predicted octanol–water partition coefficient (Wildman–Crippen LogP) is 1.44. The van der Waals surface area contributed by atoms with Crippen LogP contribution >= 0.6 is 0 Å². The minimum absolute atomic E-state index is 0.0604. The molecule has 20 heavy (non-hydrogen) atoms. The van der Waals surface area contributed by atoms with E-state index in [9.17, 15) is 18.3 Å². The maximum absolute atomic E-state index is 11.4. The summed E-state index contributed by atoms with van der Waals surface area (Å²) in [6.07, 6.45) is 4.54. The minimum atomic E-state index is -3.35. The van der Waals surface area contributed by atoms with E-state index in [1.807, 2.05) is 0 Å². The lowest BCUT2D eigenvalue weighted by Crippen LogP contribution is -2.39. The second-order valence-corrected chi connectivity index (χ2v) is 7.41. The SMILES string of the molecule is CS(=O)(=O)c1ccc(OCC2(CO)CCC2)c(C=O)c1. The van der Waals surface area contributed by atoms with E-state index >= 15 is 0 Å². The van der Waals surface area contributed by atoms with Gasteiger partial charge in [0, 0.05) is 11.7 Å². The Bertz CT molecular complexity index is 596. The zero-order valence-corrected chi connectivity index (χ0v) is 12.1. The number of hydrogen-bond acceptors (Lipinski definition) is 5. The van der Waals surface area contributed by atoms with Crippen LogP contribution < -0.4 is 4.74 Å².